The van der Waals surface area contributed by atoms with E-state index in [1.54, 1.807) is 30.5 Å². The van der Waals surface area contributed by atoms with Crippen molar-refractivity contribution in [3.63, 3.8) is 0 Å². The molecule has 1 amide bonds. The van der Waals surface area contributed by atoms with Crippen molar-refractivity contribution in [2.75, 3.05) is 4.90 Å². The zero-order valence-corrected chi connectivity index (χ0v) is 16.1. The van der Waals surface area contributed by atoms with E-state index in [1.165, 1.54) is 11.0 Å². The topological polar surface area (TPSA) is 33.2 Å². The zero-order chi connectivity index (χ0) is 21.6. The van der Waals surface area contributed by atoms with Crippen LogP contribution in [0.25, 0.3) is 22.7 Å². The summed E-state index contributed by atoms with van der Waals surface area (Å²) in [6, 6.07) is 21.5. The van der Waals surface area contributed by atoms with Gasteiger partial charge in [0, 0.05) is 22.7 Å². The third-order valence-corrected chi connectivity index (χ3v) is 5.25. The van der Waals surface area contributed by atoms with E-state index < -0.39 is 11.7 Å². The molecule has 0 radical (unpaired) electrons. The van der Waals surface area contributed by atoms with Gasteiger partial charge in [-0.25, -0.2) is 0 Å². The van der Waals surface area contributed by atoms with Gasteiger partial charge in [0.1, 0.15) is 0 Å². The summed E-state index contributed by atoms with van der Waals surface area (Å²) in [5.74, 6) is -0.385. The van der Waals surface area contributed by atoms with Crippen LogP contribution in [0.5, 0.6) is 0 Å². The average Bonchev–Trinajstić information content (AvgIpc) is 3.04. The Hall–Kier alpha value is -3.93. The van der Waals surface area contributed by atoms with Crippen LogP contribution in [0.1, 0.15) is 27.0 Å². The highest BCUT2D eigenvalue weighted by Crippen LogP contribution is 2.42. The van der Waals surface area contributed by atoms with Crippen LogP contribution in [-0.4, -0.2) is 10.9 Å². The fourth-order valence-electron chi connectivity index (χ4n) is 3.83. The van der Waals surface area contributed by atoms with E-state index in [0.717, 1.165) is 23.1 Å². The first-order chi connectivity index (χ1) is 14.9. The van der Waals surface area contributed by atoms with E-state index in [-0.39, 0.29) is 17.0 Å². The molecule has 1 aromatic heterocycles. The highest BCUT2D eigenvalue weighted by Gasteiger charge is 2.38. The SMILES string of the molecule is O=C1c2ccc(C(F)(F)F)cc2/C(=C/c2ccccc2)N1c1cccc2cccnc12. The third kappa shape index (κ3) is 3.26. The molecule has 31 heavy (non-hydrogen) atoms. The molecule has 4 aromatic rings. The Morgan fingerprint density at radius 2 is 1.61 bits per heavy atom. The number of benzene rings is 3. The first kappa shape index (κ1) is 19.1. The third-order valence-electron chi connectivity index (χ3n) is 5.25. The van der Waals surface area contributed by atoms with Crippen LogP contribution in [0, 0.1) is 0 Å². The standard InChI is InChI=1S/C25H15F3N2O/c26-25(27,28)18-11-12-19-20(15-18)22(14-16-6-2-1-3-7-16)30(24(19)31)21-10-4-8-17-9-5-13-29-23(17)21/h1-15H/b22-14-. The lowest BCUT2D eigenvalue weighted by Gasteiger charge is -2.20. The summed E-state index contributed by atoms with van der Waals surface area (Å²) >= 11 is 0. The molecular formula is C25H15F3N2O. The van der Waals surface area contributed by atoms with Gasteiger partial charge in [0.2, 0.25) is 0 Å². The molecule has 0 saturated heterocycles. The molecule has 1 aliphatic rings. The molecule has 0 atom stereocenters. The van der Waals surface area contributed by atoms with Crippen molar-refractivity contribution in [2.24, 2.45) is 0 Å². The summed E-state index contributed by atoms with van der Waals surface area (Å²) in [6.45, 7) is 0. The summed E-state index contributed by atoms with van der Waals surface area (Å²) in [6.07, 6.45) is -1.15. The number of nitrogens with zero attached hydrogens (tertiary/aromatic N) is 2. The van der Waals surface area contributed by atoms with Crippen molar-refractivity contribution in [3.8, 4) is 0 Å². The van der Waals surface area contributed by atoms with E-state index in [9.17, 15) is 18.0 Å². The summed E-state index contributed by atoms with van der Waals surface area (Å²) in [5, 5.41) is 0.832. The lowest BCUT2D eigenvalue weighted by Crippen LogP contribution is -2.22. The number of hydrogen-bond acceptors (Lipinski definition) is 2. The van der Waals surface area contributed by atoms with Crippen LogP contribution in [-0.2, 0) is 6.18 Å². The highest BCUT2D eigenvalue weighted by atomic mass is 19.4. The van der Waals surface area contributed by atoms with Crippen LogP contribution in [0.3, 0.4) is 0 Å². The largest absolute Gasteiger partial charge is 0.416 e. The van der Waals surface area contributed by atoms with Gasteiger partial charge in [0.05, 0.1) is 22.5 Å². The lowest BCUT2D eigenvalue weighted by atomic mass is 10.0. The highest BCUT2D eigenvalue weighted by molar-refractivity contribution is 6.26. The average molecular weight is 416 g/mol. The minimum absolute atomic E-state index is 0.225. The molecule has 3 nitrogen and oxygen atoms in total. The second-order valence-electron chi connectivity index (χ2n) is 7.19. The van der Waals surface area contributed by atoms with Crippen LogP contribution < -0.4 is 4.90 Å². The van der Waals surface area contributed by atoms with Crippen LogP contribution in [0.15, 0.2) is 85.1 Å². The normalized spacial score (nSPS) is 15.0. The number of carbonyl (C=O) groups is 1. The fraction of sp³-hybridized carbons (Fsp3) is 0.0400. The maximum Gasteiger partial charge on any atom is 0.416 e. The summed E-state index contributed by atoms with van der Waals surface area (Å²) in [5.41, 5.74) is 1.95. The first-order valence-electron chi connectivity index (χ1n) is 9.60. The second kappa shape index (κ2) is 7.09. The lowest BCUT2D eigenvalue weighted by molar-refractivity contribution is -0.137. The van der Waals surface area contributed by atoms with Gasteiger partial charge in [-0.2, -0.15) is 13.2 Å². The molecule has 0 N–H and O–H groups in total. The molecule has 0 bridgehead atoms. The van der Waals surface area contributed by atoms with Gasteiger partial charge in [0.15, 0.2) is 0 Å². The van der Waals surface area contributed by atoms with Gasteiger partial charge in [-0.15, -0.1) is 0 Å². The maximum absolute atomic E-state index is 13.4. The molecule has 0 fully saturated rings. The minimum Gasteiger partial charge on any atom is -0.274 e. The molecule has 6 heteroatoms. The molecule has 5 rings (SSSR count). The zero-order valence-electron chi connectivity index (χ0n) is 16.1. The van der Waals surface area contributed by atoms with Crippen molar-refractivity contribution in [1.82, 2.24) is 4.98 Å². The molecule has 1 aliphatic heterocycles. The number of aromatic nitrogens is 1. The Morgan fingerprint density at radius 1 is 0.839 bits per heavy atom. The van der Waals surface area contributed by atoms with E-state index in [2.05, 4.69) is 4.98 Å². The Balaban J connectivity index is 1.77. The maximum atomic E-state index is 13.4. The van der Waals surface area contributed by atoms with Crippen LogP contribution in [0.4, 0.5) is 18.9 Å². The van der Waals surface area contributed by atoms with Crippen molar-refractivity contribution in [1.29, 1.82) is 0 Å². The smallest absolute Gasteiger partial charge is 0.274 e. The molecular weight excluding hydrogens is 401 g/mol. The quantitative estimate of drug-likeness (QED) is 0.378. The Morgan fingerprint density at radius 3 is 2.39 bits per heavy atom. The number of carbonyl (C=O) groups excluding carboxylic acids is 1. The van der Waals surface area contributed by atoms with Crippen LogP contribution in [0.2, 0.25) is 0 Å². The monoisotopic (exact) mass is 416 g/mol. The van der Waals surface area contributed by atoms with Crippen molar-refractivity contribution in [2.45, 2.75) is 6.18 Å². The predicted molar refractivity (Wildman–Crippen MR) is 114 cm³/mol. The number of amides is 1. The van der Waals surface area contributed by atoms with Crippen molar-refractivity contribution >= 4 is 34.3 Å². The number of para-hydroxylation sites is 1. The molecule has 0 aliphatic carbocycles. The van der Waals surface area contributed by atoms with E-state index in [1.807, 2.05) is 42.5 Å². The molecule has 0 unspecified atom stereocenters. The van der Waals surface area contributed by atoms with Crippen LogP contribution >= 0.6 is 0 Å². The molecule has 152 valence electrons. The molecule has 2 heterocycles. The van der Waals surface area contributed by atoms with Gasteiger partial charge in [-0.3, -0.25) is 14.7 Å². The Kier molecular flexibility index (Phi) is 4.36. The second-order valence-corrected chi connectivity index (χ2v) is 7.19. The summed E-state index contributed by atoms with van der Waals surface area (Å²) < 4.78 is 40.2. The van der Waals surface area contributed by atoms with Crippen molar-refractivity contribution < 1.29 is 18.0 Å². The van der Waals surface area contributed by atoms with Gasteiger partial charge >= 0.3 is 6.18 Å². The molecule has 0 spiro atoms. The summed E-state index contributed by atoms with van der Waals surface area (Å²) in [7, 11) is 0. The fourth-order valence-corrected chi connectivity index (χ4v) is 3.83. The Labute approximate surface area is 176 Å². The Bertz CT molecular complexity index is 1340. The number of anilines is 1. The number of alkyl halides is 3. The number of fused-ring (bicyclic) bond motifs is 2. The molecule has 0 saturated carbocycles. The predicted octanol–water partition coefficient (Wildman–Crippen LogP) is 6.41. The summed E-state index contributed by atoms with van der Waals surface area (Å²) in [4.78, 5) is 19.3. The minimum atomic E-state index is -4.51. The number of rotatable bonds is 2. The van der Waals surface area contributed by atoms with E-state index in [4.69, 9.17) is 0 Å². The van der Waals surface area contributed by atoms with Gasteiger partial charge in [-0.05, 0) is 42.0 Å². The van der Waals surface area contributed by atoms with Gasteiger partial charge < -0.3 is 0 Å². The van der Waals surface area contributed by atoms with Crippen molar-refractivity contribution in [3.05, 3.63) is 107 Å². The van der Waals surface area contributed by atoms with E-state index >= 15 is 0 Å². The van der Waals surface area contributed by atoms with Gasteiger partial charge in [0.25, 0.3) is 5.91 Å². The number of hydrogen-bond donors (Lipinski definition) is 0. The van der Waals surface area contributed by atoms with Gasteiger partial charge in [-0.1, -0.05) is 48.5 Å². The first-order valence-corrected chi connectivity index (χ1v) is 9.60. The van der Waals surface area contributed by atoms with E-state index in [0.29, 0.717) is 16.9 Å². The number of pyridine rings is 1. The molecule has 3 aromatic carbocycles. The number of halogens is 3.